The van der Waals surface area contributed by atoms with Gasteiger partial charge in [0.1, 0.15) is 48.8 Å². The second kappa shape index (κ2) is 14.4. The molecule has 2 aliphatic heterocycles. The fourth-order valence-corrected chi connectivity index (χ4v) is 13.7. The quantitative estimate of drug-likeness (QED) is 0.133. The summed E-state index contributed by atoms with van der Waals surface area (Å²) in [5, 5.41) is 96.3. The van der Waals surface area contributed by atoms with Crippen molar-refractivity contribution in [1.82, 2.24) is 0 Å². The normalized spacial score (nSPS) is 56.4. The maximum Gasteiger partial charge on any atom is 0.187 e. The Balaban J connectivity index is 1.16. The molecule has 55 heavy (non-hydrogen) atoms. The van der Waals surface area contributed by atoms with Gasteiger partial charge in [-0.15, -0.1) is 0 Å². The van der Waals surface area contributed by atoms with Crippen LogP contribution in [0.3, 0.4) is 0 Å². The molecule has 2 heterocycles. The average molecular weight is 783 g/mol. The first-order valence-corrected chi connectivity index (χ1v) is 20.9. The fourth-order valence-electron chi connectivity index (χ4n) is 13.7. The van der Waals surface area contributed by atoms with Gasteiger partial charge in [-0.05, 0) is 97.2 Å². The number of hydrogen-bond donors (Lipinski definition) is 9. The SMILES string of the molecule is CC1(C)CC(O)C2(C)CCC3(C)C(=CCC4C5(C)CCC(OC6OC(CO)C(O)C(O)C6OC6OC(CO)C(O)C(O)C6O)C(C)(CO)C5CCC43C)C2C1. The van der Waals surface area contributed by atoms with Gasteiger partial charge in [-0.2, -0.15) is 0 Å². The van der Waals surface area contributed by atoms with Crippen LogP contribution < -0.4 is 0 Å². The topological polar surface area (TPSA) is 219 Å². The van der Waals surface area contributed by atoms with Crippen LogP contribution >= 0.6 is 0 Å². The molecule has 7 aliphatic rings. The summed E-state index contributed by atoms with van der Waals surface area (Å²) in [6.07, 6.45) is -5.65. The summed E-state index contributed by atoms with van der Waals surface area (Å²) >= 11 is 0. The van der Waals surface area contributed by atoms with Gasteiger partial charge >= 0.3 is 0 Å². The van der Waals surface area contributed by atoms with Crippen LogP contribution in [0.4, 0.5) is 0 Å². The smallest absolute Gasteiger partial charge is 0.187 e. The molecule has 316 valence electrons. The number of aliphatic hydroxyl groups is 9. The van der Waals surface area contributed by atoms with E-state index in [4.69, 9.17) is 18.9 Å². The van der Waals surface area contributed by atoms with Gasteiger partial charge in [-0.3, -0.25) is 0 Å². The van der Waals surface area contributed by atoms with Crippen LogP contribution in [0.5, 0.6) is 0 Å². The maximum atomic E-state index is 11.5. The number of fused-ring (bicyclic) bond motifs is 7. The van der Waals surface area contributed by atoms with E-state index in [-0.39, 0.29) is 45.7 Å². The van der Waals surface area contributed by atoms with Crippen LogP contribution in [-0.4, -0.2) is 139 Å². The first-order chi connectivity index (χ1) is 25.7. The van der Waals surface area contributed by atoms with Crippen molar-refractivity contribution >= 4 is 0 Å². The molecule has 20 atom stereocenters. The molecular weight excluding hydrogens is 712 g/mol. The lowest BCUT2D eigenvalue weighted by Gasteiger charge is -2.72. The van der Waals surface area contributed by atoms with Crippen LogP contribution in [0.1, 0.15) is 106 Å². The first-order valence-electron chi connectivity index (χ1n) is 20.9. The summed E-state index contributed by atoms with van der Waals surface area (Å²) in [4.78, 5) is 0. The Hall–Kier alpha value is -0.780. The van der Waals surface area contributed by atoms with Gasteiger partial charge in [-0.1, -0.05) is 60.1 Å². The average Bonchev–Trinajstić information content (AvgIpc) is 3.13. The minimum atomic E-state index is -1.77. The van der Waals surface area contributed by atoms with Gasteiger partial charge < -0.3 is 64.9 Å². The highest BCUT2D eigenvalue weighted by molar-refractivity contribution is 5.34. The van der Waals surface area contributed by atoms with Crippen molar-refractivity contribution in [2.75, 3.05) is 19.8 Å². The van der Waals surface area contributed by atoms with E-state index in [9.17, 15) is 46.0 Å². The van der Waals surface area contributed by atoms with Gasteiger partial charge in [0.2, 0.25) is 0 Å². The third-order valence-corrected chi connectivity index (χ3v) is 17.5. The molecule has 0 bridgehead atoms. The molecule has 13 heteroatoms. The molecule has 0 aromatic carbocycles. The lowest BCUT2D eigenvalue weighted by Crippen LogP contribution is -2.67. The minimum absolute atomic E-state index is 0.00563. The number of ether oxygens (including phenoxy) is 4. The molecule has 2 saturated heterocycles. The van der Waals surface area contributed by atoms with Gasteiger partial charge in [-0.25, -0.2) is 0 Å². The van der Waals surface area contributed by atoms with Crippen molar-refractivity contribution in [1.29, 1.82) is 0 Å². The van der Waals surface area contributed by atoms with E-state index in [0.717, 1.165) is 51.4 Å². The maximum absolute atomic E-state index is 11.5. The van der Waals surface area contributed by atoms with Crippen molar-refractivity contribution in [2.45, 2.75) is 180 Å². The monoisotopic (exact) mass is 782 g/mol. The zero-order valence-electron chi connectivity index (χ0n) is 33.9. The Labute approximate surface area is 326 Å². The number of hydrogen-bond acceptors (Lipinski definition) is 13. The second-order valence-electron chi connectivity index (χ2n) is 20.8. The Morgan fingerprint density at radius 1 is 0.655 bits per heavy atom. The summed E-state index contributed by atoms with van der Waals surface area (Å²) in [6.45, 7) is 14.9. The van der Waals surface area contributed by atoms with Crippen molar-refractivity contribution in [3.05, 3.63) is 11.6 Å². The molecule has 7 rings (SSSR count). The molecule has 13 nitrogen and oxygen atoms in total. The molecule has 0 aromatic rings. The summed E-state index contributed by atoms with van der Waals surface area (Å²) in [5.74, 6) is 0.738. The zero-order chi connectivity index (χ0) is 40.3. The number of aliphatic hydroxyl groups excluding tert-OH is 9. The lowest BCUT2D eigenvalue weighted by atomic mass is 9.33. The largest absolute Gasteiger partial charge is 0.396 e. The molecule has 0 spiro atoms. The van der Waals surface area contributed by atoms with Gasteiger partial charge in [0.05, 0.1) is 32.0 Å². The minimum Gasteiger partial charge on any atom is -0.396 e. The van der Waals surface area contributed by atoms with Crippen molar-refractivity contribution in [3.63, 3.8) is 0 Å². The summed E-state index contributed by atoms with van der Waals surface area (Å²) in [6, 6.07) is 0. The van der Waals surface area contributed by atoms with Crippen LogP contribution in [0.15, 0.2) is 11.6 Å². The Morgan fingerprint density at radius 2 is 1.29 bits per heavy atom. The van der Waals surface area contributed by atoms with Gasteiger partial charge in [0, 0.05) is 10.8 Å². The van der Waals surface area contributed by atoms with E-state index >= 15 is 0 Å². The van der Waals surface area contributed by atoms with E-state index in [1.54, 1.807) is 5.57 Å². The van der Waals surface area contributed by atoms with Crippen LogP contribution in [0, 0.1) is 50.2 Å². The van der Waals surface area contributed by atoms with E-state index in [1.165, 1.54) is 0 Å². The predicted molar refractivity (Wildman–Crippen MR) is 199 cm³/mol. The number of rotatable bonds is 7. The van der Waals surface area contributed by atoms with E-state index in [0.29, 0.717) is 18.3 Å². The molecular formula is C42H70O13. The van der Waals surface area contributed by atoms with Crippen molar-refractivity contribution in [2.24, 2.45) is 50.2 Å². The van der Waals surface area contributed by atoms with Crippen LogP contribution in [0.2, 0.25) is 0 Å². The van der Waals surface area contributed by atoms with Crippen LogP contribution in [-0.2, 0) is 18.9 Å². The highest BCUT2D eigenvalue weighted by Gasteiger charge is 2.69. The van der Waals surface area contributed by atoms with Crippen LogP contribution in [0.25, 0.3) is 0 Å². The predicted octanol–water partition coefficient (Wildman–Crippen LogP) is 1.76. The number of allylic oxidation sites excluding steroid dienone is 2. The summed E-state index contributed by atoms with van der Waals surface area (Å²) in [7, 11) is 0. The molecule has 0 amide bonds. The van der Waals surface area contributed by atoms with Crippen molar-refractivity contribution < 1.29 is 64.9 Å². The summed E-state index contributed by atoms with van der Waals surface area (Å²) < 4.78 is 24.3. The molecule has 9 N–H and O–H groups in total. The molecule has 20 unspecified atom stereocenters. The molecule has 4 saturated carbocycles. The second-order valence-corrected chi connectivity index (χ2v) is 20.8. The standard InChI is InChI=1S/C42H70O13/c1-37(2)16-22-21-8-9-26-39(4)12-11-28(40(5,20-45)25(39)10-13-42(26,7)41(21,6)15-14-38(22,3)27(46)17-37)54-36-34(32(50)30(48)24(19-44)53-36)55-35-33(51)31(49)29(47)23(18-43)52-35/h8,22-36,43-51H,9-20H2,1-7H3. The first kappa shape index (κ1) is 42.3. The third-order valence-electron chi connectivity index (χ3n) is 17.5. The zero-order valence-corrected chi connectivity index (χ0v) is 33.9. The fraction of sp³-hybridized carbons (Fsp3) is 0.952. The highest BCUT2D eigenvalue weighted by Crippen LogP contribution is 2.76. The van der Waals surface area contributed by atoms with E-state index < -0.39 is 86.1 Å². The Bertz CT molecular complexity index is 1440. The third kappa shape index (κ3) is 6.27. The van der Waals surface area contributed by atoms with Gasteiger partial charge in [0.15, 0.2) is 12.6 Å². The lowest BCUT2D eigenvalue weighted by molar-refractivity contribution is -0.379. The molecule has 0 radical (unpaired) electrons. The van der Waals surface area contributed by atoms with Crippen molar-refractivity contribution in [3.8, 4) is 0 Å². The highest BCUT2D eigenvalue weighted by atomic mass is 16.8. The Morgan fingerprint density at radius 3 is 1.93 bits per heavy atom. The Kier molecular flexibility index (Phi) is 11.1. The molecule has 5 aliphatic carbocycles. The molecule has 6 fully saturated rings. The van der Waals surface area contributed by atoms with Gasteiger partial charge in [0.25, 0.3) is 0 Å². The molecule has 0 aromatic heterocycles. The summed E-state index contributed by atoms with van der Waals surface area (Å²) in [5.41, 5.74) is 0.573. The van der Waals surface area contributed by atoms with E-state index in [2.05, 4.69) is 54.5 Å². The van der Waals surface area contributed by atoms with E-state index in [1.807, 2.05) is 0 Å².